The number of ether oxygens (including phenoxy) is 2. The number of nitriles is 2. The molecule has 1 unspecified atom stereocenters. The molecule has 0 amide bonds. The molecule has 0 spiro atoms. The zero-order valence-corrected chi connectivity index (χ0v) is 25.3. The van der Waals surface area contributed by atoms with Crippen LogP contribution in [0.5, 0.6) is 11.6 Å². The third-order valence-corrected chi connectivity index (χ3v) is 8.05. The van der Waals surface area contributed by atoms with Crippen LogP contribution in [-0.2, 0) is 23.9 Å². The Labute approximate surface area is 250 Å². The molecule has 220 valence electrons. The highest BCUT2D eigenvalue weighted by molar-refractivity contribution is 7.84. The number of pyridine rings is 1. The van der Waals surface area contributed by atoms with Crippen LogP contribution in [0.25, 0.3) is 0 Å². The smallest absolute Gasteiger partial charge is 0.226 e. The van der Waals surface area contributed by atoms with E-state index in [4.69, 9.17) is 14.5 Å². The number of methoxy groups -OCH3 is 1. The average Bonchev–Trinajstić information content (AvgIpc) is 3.53. The van der Waals surface area contributed by atoms with Crippen molar-refractivity contribution in [2.24, 2.45) is 5.92 Å². The van der Waals surface area contributed by atoms with Crippen LogP contribution in [-0.4, -0.2) is 58.0 Å². The summed E-state index contributed by atoms with van der Waals surface area (Å²) in [5, 5.41) is 19.1. The van der Waals surface area contributed by atoms with Gasteiger partial charge in [0.1, 0.15) is 0 Å². The van der Waals surface area contributed by atoms with Gasteiger partial charge in [0.25, 0.3) is 0 Å². The maximum atomic E-state index is 11.4. The normalized spacial score (nSPS) is 13.6. The standard InChI is InChI=1S/C31H37N7O3S/c1-4-37(20-23-7-5-6-8-23)29-9-10-30(40-2)36-28(29)22-38(21-26-14-24(16-32)13-25(15-26)17-33)31-34-18-27(19-35-31)41-11-12-42(3)39/h9-10,13-15,18-19,23H,4-8,11-12,20-22H2,1-3H3. The molecule has 1 fully saturated rings. The summed E-state index contributed by atoms with van der Waals surface area (Å²) in [5.74, 6) is 2.52. The van der Waals surface area contributed by atoms with E-state index in [9.17, 15) is 14.7 Å². The summed E-state index contributed by atoms with van der Waals surface area (Å²) < 4.78 is 22.6. The van der Waals surface area contributed by atoms with E-state index in [1.165, 1.54) is 25.7 Å². The van der Waals surface area contributed by atoms with Crippen LogP contribution in [0.2, 0.25) is 0 Å². The molecule has 1 saturated carbocycles. The fraction of sp³-hybridized carbons (Fsp3) is 0.452. The van der Waals surface area contributed by atoms with Gasteiger partial charge in [-0.05, 0) is 55.5 Å². The summed E-state index contributed by atoms with van der Waals surface area (Å²) in [5.41, 5.74) is 3.46. The van der Waals surface area contributed by atoms with Gasteiger partial charge in [0.2, 0.25) is 11.8 Å². The lowest BCUT2D eigenvalue weighted by molar-refractivity contribution is 0.339. The molecule has 11 heteroatoms. The predicted molar refractivity (Wildman–Crippen MR) is 163 cm³/mol. The Morgan fingerprint density at radius 2 is 1.71 bits per heavy atom. The number of rotatable bonds is 14. The highest BCUT2D eigenvalue weighted by Crippen LogP contribution is 2.31. The fourth-order valence-electron chi connectivity index (χ4n) is 5.23. The molecule has 3 aromatic rings. The van der Waals surface area contributed by atoms with Crippen molar-refractivity contribution in [1.29, 1.82) is 10.5 Å². The van der Waals surface area contributed by atoms with Gasteiger partial charge in [-0.1, -0.05) is 12.8 Å². The van der Waals surface area contributed by atoms with Crippen LogP contribution < -0.4 is 19.3 Å². The molecule has 0 radical (unpaired) electrons. The lowest BCUT2D eigenvalue weighted by Gasteiger charge is -2.30. The van der Waals surface area contributed by atoms with Crippen LogP contribution in [0.3, 0.4) is 0 Å². The molecule has 4 rings (SSSR count). The van der Waals surface area contributed by atoms with Gasteiger partial charge in [0, 0.05) is 42.8 Å². The highest BCUT2D eigenvalue weighted by Gasteiger charge is 2.23. The molecule has 1 aromatic carbocycles. The molecule has 10 nitrogen and oxygen atoms in total. The van der Waals surface area contributed by atoms with Crippen molar-refractivity contribution in [3.8, 4) is 23.8 Å². The number of hydrogen-bond donors (Lipinski definition) is 0. The van der Waals surface area contributed by atoms with Gasteiger partial charge in [0.15, 0.2) is 5.75 Å². The quantitative estimate of drug-likeness (QED) is 0.264. The maximum absolute atomic E-state index is 11.4. The number of benzene rings is 1. The minimum atomic E-state index is -0.955. The zero-order chi connectivity index (χ0) is 29.9. The van der Waals surface area contributed by atoms with Crippen molar-refractivity contribution >= 4 is 22.4 Å². The molecule has 0 bridgehead atoms. The van der Waals surface area contributed by atoms with Crippen molar-refractivity contribution in [3.05, 3.63) is 65.1 Å². The molecule has 2 aromatic heterocycles. The first-order valence-electron chi connectivity index (χ1n) is 14.1. The van der Waals surface area contributed by atoms with E-state index >= 15 is 0 Å². The van der Waals surface area contributed by atoms with Gasteiger partial charge in [-0.15, -0.1) is 0 Å². The Bertz CT molecular complexity index is 1410. The van der Waals surface area contributed by atoms with Gasteiger partial charge >= 0.3 is 0 Å². The van der Waals surface area contributed by atoms with E-state index in [0.717, 1.165) is 30.0 Å². The number of anilines is 2. The van der Waals surface area contributed by atoms with E-state index in [1.54, 1.807) is 44.0 Å². The lowest BCUT2D eigenvalue weighted by Crippen LogP contribution is -2.31. The molecule has 1 atom stereocenters. The van der Waals surface area contributed by atoms with Crippen LogP contribution in [0.1, 0.15) is 55.0 Å². The number of aromatic nitrogens is 3. The van der Waals surface area contributed by atoms with E-state index in [2.05, 4.69) is 40.0 Å². The summed E-state index contributed by atoms with van der Waals surface area (Å²) in [6.07, 6.45) is 9.88. The molecule has 0 N–H and O–H groups in total. The average molecular weight is 588 g/mol. The molecule has 42 heavy (non-hydrogen) atoms. The summed E-state index contributed by atoms with van der Waals surface area (Å²) >= 11 is 0. The van der Waals surface area contributed by atoms with Gasteiger partial charge < -0.3 is 19.3 Å². The van der Waals surface area contributed by atoms with Crippen molar-refractivity contribution in [2.75, 3.05) is 48.6 Å². The second kappa shape index (κ2) is 15.1. The second-order valence-corrected chi connectivity index (χ2v) is 11.9. The van der Waals surface area contributed by atoms with E-state index in [1.807, 2.05) is 11.0 Å². The van der Waals surface area contributed by atoms with Crippen LogP contribution >= 0.6 is 0 Å². The Kier molecular flexibility index (Phi) is 11.1. The zero-order valence-electron chi connectivity index (χ0n) is 24.5. The van der Waals surface area contributed by atoms with Crippen molar-refractivity contribution < 1.29 is 13.7 Å². The molecule has 0 aliphatic heterocycles. The summed E-state index contributed by atoms with van der Waals surface area (Å²) in [4.78, 5) is 18.4. The second-order valence-electron chi connectivity index (χ2n) is 10.4. The third-order valence-electron chi connectivity index (χ3n) is 7.31. The Morgan fingerprint density at radius 1 is 1.02 bits per heavy atom. The van der Waals surface area contributed by atoms with E-state index in [-0.39, 0.29) is 0 Å². The summed E-state index contributed by atoms with van der Waals surface area (Å²) in [7, 11) is 0.649. The van der Waals surface area contributed by atoms with Crippen LogP contribution in [0.4, 0.5) is 11.6 Å². The highest BCUT2D eigenvalue weighted by atomic mass is 32.2. The first kappa shape index (κ1) is 30.7. The minimum absolute atomic E-state index is 0.304. The predicted octanol–water partition coefficient (Wildman–Crippen LogP) is 4.60. The van der Waals surface area contributed by atoms with Gasteiger partial charge in [-0.3, -0.25) is 4.21 Å². The number of hydrogen-bond acceptors (Lipinski definition) is 10. The Balaban J connectivity index is 1.69. The van der Waals surface area contributed by atoms with Gasteiger partial charge in [0.05, 0.1) is 73.1 Å². The van der Waals surface area contributed by atoms with Crippen molar-refractivity contribution in [1.82, 2.24) is 15.0 Å². The minimum Gasteiger partial charge on any atom is -0.489 e. The van der Waals surface area contributed by atoms with E-state index in [0.29, 0.717) is 60.1 Å². The maximum Gasteiger partial charge on any atom is 0.226 e. The first-order chi connectivity index (χ1) is 20.4. The largest absolute Gasteiger partial charge is 0.489 e. The monoisotopic (exact) mass is 587 g/mol. The third kappa shape index (κ3) is 8.40. The van der Waals surface area contributed by atoms with Crippen LogP contribution in [0.15, 0.2) is 42.7 Å². The van der Waals surface area contributed by atoms with Crippen LogP contribution in [0, 0.1) is 28.6 Å². The summed E-state index contributed by atoms with van der Waals surface area (Å²) in [6.45, 7) is 4.98. The lowest BCUT2D eigenvalue weighted by atomic mass is 10.1. The topological polar surface area (TPSA) is 128 Å². The van der Waals surface area contributed by atoms with E-state index < -0.39 is 10.8 Å². The molecule has 0 saturated heterocycles. The first-order valence-corrected chi connectivity index (χ1v) is 15.9. The molecule has 1 aliphatic rings. The van der Waals surface area contributed by atoms with Crippen molar-refractivity contribution in [3.63, 3.8) is 0 Å². The molecular weight excluding hydrogens is 550 g/mol. The fourth-order valence-corrected chi connectivity index (χ4v) is 5.55. The van der Waals surface area contributed by atoms with Gasteiger partial charge in [-0.25, -0.2) is 15.0 Å². The Hall–Kier alpha value is -4.22. The molecular formula is C31H37N7O3S. The SMILES string of the molecule is CCN(CC1CCCC1)c1ccc(OC)nc1CN(Cc1cc(C#N)cc(C#N)c1)c1ncc(OCCS(C)=O)cn1. The summed E-state index contributed by atoms with van der Waals surface area (Å²) in [6, 6.07) is 13.4. The Morgan fingerprint density at radius 3 is 2.31 bits per heavy atom. The molecule has 1 aliphatic carbocycles. The van der Waals surface area contributed by atoms with Gasteiger partial charge in [-0.2, -0.15) is 10.5 Å². The van der Waals surface area contributed by atoms with Crippen molar-refractivity contribution in [2.45, 2.75) is 45.7 Å². The number of nitrogens with zero attached hydrogens (tertiary/aromatic N) is 7. The molecule has 2 heterocycles.